The molecular formula is C10H9Cl2NO. The SMILES string of the molecule is Nc1cc2c(c(Cl)c1Cl)CCCC2=O. The lowest BCUT2D eigenvalue weighted by molar-refractivity contribution is 0.0972. The molecule has 0 unspecified atom stereocenters. The fourth-order valence-corrected chi connectivity index (χ4v) is 2.21. The standard InChI is InChI=1S/C10H9Cl2NO/c11-9-5-2-1-3-8(14)6(5)4-7(13)10(9)12/h4H,1-3,13H2. The van der Waals surface area contributed by atoms with Crippen molar-refractivity contribution in [3.8, 4) is 0 Å². The molecule has 0 radical (unpaired) electrons. The van der Waals surface area contributed by atoms with Gasteiger partial charge < -0.3 is 5.73 Å². The van der Waals surface area contributed by atoms with E-state index in [1.807, 2.05) is 0 Å². The van der Waals surface area contributed by atoms with Crippen molar-refractivity contribution in [2.45, 2.75) is 19.3 Å². The van der Waals surface area contributed by atoms with Gasteiger partial charge in [0.25, 0.3) is 0 Å². The summed E-state index contributed by atoms with van der Waals surface area (Å²) in [4.78, 5) is 11.5. The van der Waals surface area contributed by atoms with Crippen LogP contribution in [0.25, 0.3) is 0 Å². The second-order valence-electron chi connectivity index (χ2n) is 3.40. The van der Waals surface area contributed by atoms with Crippen LogP contribution < -0.4 is 5.73 Å². The highest BCUT2D eigenvalue weighted by Crippen LogP contribution is 2.37. The molecule has 1 aromatic carbocycles. The van der Waals surface area contributed by atoms with Gasteiger partial charge in [-0.1, -0.05) is 23.2 Å². The molecule has 2 rings (SSSR count). The molecule has 0 fully saturated rings. The van der Waals surface area contributed by atoms with E-state index in [2.05, 4.69) is 0 Å². The van der Waals surface area contributed by atoms with Crippen molar-refractivity contribution in [2.75, 3.05) is 5.73 Å². The van der Waals surface area contributed by atoms with Gasteiger partial charge in [0.2, 0.25) is 0 Å². The smallest absolute Gasteiger partial charge is 0.163 e. The Morgan fingerprint density at radius 1 is 1.21 bits per heavy atom. The number of rotatable bonds is 0. The predicted molar refractivity (Wildman–Crippen MR) is 58.1 cm³/mol. The molecule has 0 aromatic heterocycles. The topological polar surface area (TPSA) is 43.1 Å². The number of Topliss-reactive ketones (excluding diaryl/α,β-unsaturated/α-hetero) is 1. The molecule has 0 atom stereocenters. The van der Waals surface area contributed by atoms with Crippen molar-refractivity contribution >= 4 is 34.7 Å². The van der Waals surface area contributed by atoms with Crippen LogP contribution in [0.2, 0.25) is 10.0 Å². The Balaban J connectivity index is 2.69. The third kappa shape index (κ3) is 1.39. The monoisotopic (exact) mass is 229 g/mol. The number of carbonyl (C=O) groups excluding carboxylic acids is 1. The van der Waals surface area contributed by atoms with Crippen molar-refractivity contribution in [1.29, 1.82) is 0 Å². The number of nitrogen functional groups attached to an aromatic ring is 1. The molecule has 74 valence electrons. The van der Waals surface area contributed by atoms with Crippen LogP contribution in [0.3, 0.4) is 0 Å². The van der Waals surface area contributed by atoms with Gasteiger partial charge in [0.05, 0.1) is 15.7 Å². The van der Waals surface area contributed by atoms with E-state index in [0.29, 0.717) is 27.7 Å². The lowest BCUT2D eigenvalue weighted by Gasteiger charge is -2.17. The summed E-state index contributed by atoms with van der Waals surface area (Å²) in [6, 6.07) is 1.63. The van der Waals surface area contributed by atoms with Gasteiger partial charge in [0.1, 0.15) is 0 Å². The zero-order valence-corrected chi connectivity index (χ0v) is 8.95. The van der Waals surface area contributed by atoms with Gasteiger partial charge in [-0.25, -0.2) is 0 Å². The van der Waals surface area contributed by atoms with E-state index in [1.54, 1.807) is 6.07 Å². The fourth-order valence-electron chi connectivity index (χ4n) is 1.74. The minimum atomic E-state index is 0.108. The van der Waals surface area contributed by atoms with Crippen molar-refractivity contribution in [2.24, 2.45) is 0 Å². The second kappa shape index (κ2) is 3.44. The Hall–Kier alpha value is -0.730. The summed E-state index contributed by atoms with van der Waals surface area (Å²) in [7, 11) is 0. The van der Waals surface area contributed by atoms with Crippen molar-refractivity contribution in [3.05, 3.63) is 27.2 Å². The summed E-state index contributed by atoms with van der Waals surface area (Å²) in [6.45, 7) is 0. The van der Waals surface area contributed by atoms with E-state index in [0.717, 1.165) is 18.4 Å². The zero-order valence-electron chi connectivity index (χ0n) is 7.44. The van der Waals surface area contributed by atoms with Gasteiger partial charge in [0, 0.05) is 12.0 Å². The highest BCUT2D eigenvalue weighted by molar-refractivity contribution is 6.44. The van der Waals surface area contributed by atoms with Crippen LogP contribution in [0.15, 0.2) is 6.07 Å². The number of carbonyl (C=O) groups is 1. The molecule has 14 heavy (non-hydrogen) atoms. The van der Waals surface area contributed by atoms with Crippen LogP contribution in [0.1, 0.15) is 28.8 Å². The number of hydrogen-bond donors (Lipinski definition) is 1. The maximum atomic E-state index is 11.5. The third-order valence-corrected chi connectivity index (χ3v) is 3.39. The molecule has 2 nitrogen and oxygen atoms in total. The van der Waals surface area contributed by atoms with E-state index in [4.69, 9.17) is 28.9 Å². The zero-order chi connectivity index (χ0) is 10.3. The molecule has 2 N–H and O–H groups in total. The molecule has 4 heteroatoms. The van der Waals surface area contributed by atoms with Gasteiger partial charge in [-0.05, 0) is 24.5 Å². The van der Waals surface area contributed by atoms with Gasteiger partial charge in [-0.15, -0.1) is 0 Å². The molecule has 0 heterocycles. The van der Waals surface area contributed by atoms with Crippen LogP contribution in [0.4, 0.5) is 5.69 Å². The number of anilines is 1. The van der Waals surface area contributed by atoms with Crippen LogP contribution in [0.5, 0.6) is 0 Å². The fraction of sp³-hybridized carbons (Fsp3) is 0.300. The normalized spacial score (nSPS) is 15.4. The predicted octanol–water partition coefficient (Wildman–Crippen LogP) is 3.09. The Bertz CT molecular complexity index is 415. The number of hydrogen-bond acceptors (Lipinski definition) is 2. The summed E-state index contributed by atoms with van der Waals surface area (Å²) in [5.41, 5.74) is 7.51. The van der Waals surface area contributed by atoms with Crippen molar-refractivity contribution in [1.82, 2.24) is 0 Å². The number of ketones is 1. The number of fused-ring (bicyclic) bond motifs is 1. The summed E-state index contributed by atoms with van der Waals surface area (Å²) in [6.07, 6.45) is 2.22. The van der Waals surface area contributed by atoms with E-state index in [-0.39, 0.29) is 5.78 Å². The summed E-state index contributed by atoms with van der Waals surface area (Å²) in [5.74, 6) is 0.108. The lowest BCUT2D eigenvalue weighted by Crippen LogP contribution is -2.12. The van der Waals surface area contributed by atoms with Crippen LogP contribution >= 0.6 is 23.2 Å². The molecule has 1 aliphatic rings. The van der Waals surface area contributed by atoms with Crippen LogP contribution in [-0.2, 0) is 6.42 Å². The lowest BCUT2D eigenvalue weighted by atomic mass is 9.90. The first-order valence-electron chi connectivity index (χ1n) is 4.41. The Labute approximate surface area is 92.0 Å². The molecule has 0 amide bonds. The minimum absolute atomic E-state index is 0.108. The molecule has 0 saturated heterocycles. The average molecular weight is 230 g/mol. The van der Waals surface area contributed by atoms with E-state index < -0.39 is 0 Å². The third-order valence-electron chi connectivity index (χ3n) is 2.47. The summed E-state index contributed by atoms with van der Waals surface area (Å²) < 4.78 is 0. The molecular weight excluding hydrogens is 221 g/mol. The number of benzene rings is 1. The van der Waals surface area contributed by atoms with E-state index in [9.17, 15) is 4.79 Å². The molecule has 0 spiro atoms. The first-order chi connectivity index (χ1) is 6.61. The molecule has 1 aliphatic carbocycles. The van der Waals surface area contributed by atoms with E-state index >= 15 is 0 Å². The van der Waals surface area contributed by atoms with Crippen LogP contribution in [-0.4, -0.2) is 5.78 Å². The van der Waals surface area contributed by atoms with Crippen molar-refractivity contribution < 1.29 is 4.79 Å². The van der Waals surface area contributed by atoms with Gasteiger partial charge in [0.15, 0.2) is 5.78 Å². The Kier molecular flexibility index (Phi) is 2.41. The highest BCUT2D eigenvalue weighted by atomic mass is 35.5. The van der Waals surface area contributed by atoms with Gasteiger partial charge in [-0.2, -0.15) is 0 Å². The number of nitrogens with two attached hydrogens (primary N) is 1. The number of halogens is 2. The summed E-state index contributed by atoms with van der Waals surface area (Å²) in [5, 5.41) is 0.801. The Morgan fingerprint density at radius 2 is 1.93 bits per heavy atom. The second-order valence-corrected chi connectivity index (χ2v) is 4.15. The first-order valence-corrected chi connectivity index (χ1v) is 5.16. The quantitative estimate of drug-likeness (QED) is 0.696. The average Bonchev–Trinajstić information content (AvgIpc) is 2.17. The van der Waals surface area contributed by atoms with Gasteiger partial charge >= 0.3 is 0 Å². The first kappa shape index (κ1) is 9.81. The molecule has 0 saturated carbocycles. The minimum Gasteiger partial charge on any atom is -0.397 e. The maximum Gasteiger partial charge on any atom is 0.163 e. The highest BCUT2D eigenvalue weighted by Gasteiger charge is 2.22. The molecule has 1 aromatic rings. The van der Waals surface area contributed by atoms with E-state index in [1.165, 1.54) is 0 Å². The summed E-state index contributed by atoms with van der Waals surface area (Å²) >= 11 is 11.9. The largest absolute Gasteiger partial charge is 0.397 e. The maximum absolute atomic E-state index is 11.5. The molecule has 0 aliphatic heterocycles. The van der Waals surface area contributed by atoms with Crippen LogP contribution in [0, 0.1) is 0 Å². The molecule has 0 bridgehead atoms. The van der Waals surface area contributed by atoms with Crippen molar-refractivity contribution in [3.63, 3.8) is 0 Å². The Morgan fingerprint density at radius 3 is 2.64 bits per heavy atom. The van der Waals surface area contributed by atoms with Gasteiger partial charge in [-0.3, -0.25) is 4.79 Å².